The molecule has 9 heteroatoms. The molecule has 4 nitrogen and oxygen atoms in total. The third-order valence-corrected chi connectivity index (χ3v) is 9.28. The number of carbonyl (C=O) groups is 1. The second-order valence-corrected chi connectivity index (χ2v) is 11.5. The Balaban J connectivity index is 1.44. The van der Waals surface area contributed by atoms with Crippen LogP contribution < -0.4 is 0 Å². The van der Waals surface area contributed by atoms with Crippen LogP contribution in [0.25, 0.3) is 0 Å². The molecular formula is C26H35F3N2O2S2. The van der Waals surface area contributed by atoms with Crippen molar-refractivity contribution in [3.8, 4) is 0 Å². The lowest BCUT2D eigenvalue weighted by atomic mass is 9.69. The molecule has 0 unspecified atom stereocenters. The molecule has 0 saturated carbocycles. The highest BCUT2D eigenvalue weighted by molar-refractivity contribution is 8.22. The molecule has 1 aromatic carbocycles. The number of halogens is 3. The Morgan fingerprint density at radius 2 is 1.89 bits per heavy atom. The van der Waals surface area contributed by atoms with Crippen LogP contribution >= 0.6 is 24.0 Å². The molecule has 194 valence electrons. The Morgan fingerprint density at radius 3 is 2.57 bits per heavy atom. The van der Waals surface area contributed by atoms with Gasteiger partial charge in [-0.1, -0.05) is 36.1 Å². The van der Waals surface area contributed by atoms with E-state index in [9.17, 15) is 18.0 Å². The average Bonchev–Trinajstić information content (AvgIpc) is 2.84. The van der Waals surface area contributed by atoms with Gasteiger partial charge in [0, 0.05) is 30.8 Å². The molecule has 3 fully saturated rings. The molecule has 3 saturated heterocycles. The minimum atomic E-state index is -4.32. The Bertz CT molecular complexity index is 878. The quantitative estimate of drug-likeness (QED) is 0.313. The first kappa shape index (κ1) is 26.7. The lowest BCUT2D eigenvalue weighted by molar-refractivity contribution is -0.143. The van der Waals surface area contributed by atoms with E-state index < -0.39 is 11.7 Å². The number of nitrogens with zero attached hydrogens (tertiary/aromatic N) is 2. The van der Waals surface area contributed by atoms with Crippen LogP contribution in [0.2, 0.25) is 0 Å². The highest BCUT2D eigenvalue weighted by atomic mass is 32.2. The van der Waals surface area contributed by atoms with Gasteiger partial charge in [0.15, 0.2) is 0 Å². The maximum atomic E-state index is 12.9. The van der Waals surface area contributed by atoms with E-state index in [-0.39, 0.29) is 5.97 Å². The lowest BCUT2D eigenvalue weighted by Crippen LogP contribution is -2.65. The van der Waals surface area contributed by atoms with Crippen LogP contribution in [0, 0.1) is 11.8 Å². The number of likely N-dealkylation sites (tertiary alicyclic amines) is 1. The van der Waals surface area contributed by atoms with Gasteiger partial charge in [-0.2, -0.15) is 13.2 Å². The van der Waals surface area contributed by atoms with E-state index >= 15 is 0 Å². The summed E-state index contributed by atoms with van der Waals surface area (Å²) < 4.78 is 44.6. The Labute approximate surface area is 215 Å². The zero-order chi connectivity index (χ0) is 25.0. The first-order valence-corrected chi connectivity index (χ1v) is 14.2. The van der Waals surface area contributed by atoms with Gasteiger partial charge in [0.05, 0.1) is 12.2 Å². The van der Waals surface area contributed by atoms with Gasteiger partial charge in [-0.05, 0) is 88.1 Å². The minimum Gasteiger partial charge on any atom is -0.466 e. The summed E-state index contributed by atoms with van der Waals surface area (Å²) in [4.78, 5) is 17.0. The molecule has 4 atom stereocenters. The van der Waals surface area contributed by atoms with E-state index in [0.717, 1.165) is 41.4 Å². The molecule has 0 aliphatic carbocycles. The molecule has 3 heterocycles. The van der Waals surface area contributed by atoms with Crippen LogP contribution in [0.15, 0.2) is 24.3 Å². The van der Waals surface area contributed by atoms with Gasteiger partial charge >= 0.3 is 12.1 Å². The van der Waals surface area contributed by atoms with Crippen molar-refractivity contribution in [2.75, 3.05) is 26.2 Å². The summed E-state index contributed by atoms with van der Waals surface area (Å²) in [7, 11) is 0. The monoisotopic (exact) mass is 528 g/mol. The van der Waals surface area contributed by atoms with Crippen molar-refractivity contribution in [1.29, 1.82) is 0 Å². The van der Waals surface area contributed by atoms with Crippen molar-refractivity contribution in [1.82, 2.24) is 9.80 Å². The number of esters is 1. The van der Waals surface area contributed by atoms with Crippen LogP contribution in [0.5, 0.6) is 0 Å². The zero-order valence-electron chi connectivity index (χ0n) is 20.3. The Morgan fingerprint density at radius 1 is 1.17 bits per heavy atom. The average molecular weight is 529 g/mol. The smallest absolute Gasteiger partial charge is 0.416 e. The van der Waals surface area contributed by atoms with E-state index in [4.69, 9.17) is 17.0 Å². The molecule has 3 aliphatic rings. The van der Waals surface area contributed by atoms with Crippen LogP contribution in [0.3, 0.4) is 0 Å². The second-order valence-electron chi connectivity index (χ2n) is 9.90. The predicted molar refractivity (Wildman–Crippen MR) is 137 cm³/mol. The maximum absolute atomic E-state index is 12.9. The van der Waals surface area contributed by atoms with Crippen molar-refractivity contribution in [3.05, 3.63) is 35.4 Å². The molecule has 0 aromatic heterocycles. The van der Waals surface area contributed by atoms with Gasteiger partial charge in [0.25, 0.3) is 0 Å². The van der Waals surface area contributed by atoms with Gasteiger partial charge in [-0.25, -0.2) is 0 Å². The number of alkyl halides is 3. The summed E-state index contributed by atoms with van der Waals surface area (Å²) in [6.45, 7) is 5.52. The maximum Gasteiger partial charge on any atom is 0.416 e. The van der Waals surface area contributed by atoms with Crippen molar-refractivity contribution >= 4 is 34.3 Å². The SMILES string of the molecule is CCOC(=O)CCC[C@@H]1[C@H]2CCCN3CCC[C@@H](CN1C(=S)SCc1ccc(C(F)(F)F)cc1)[C@@H]23. The highest BCUT2D eigenvalue weighted by Crippen LogP contribution is 2.44. The molecule has 0 spiro atoms. The summed E-state index contributed by atoms with van der Waals surface area (Å²) >= 11 is 7.47. The highest BCUT2D eigenvalue weighted by Gasteiger charge is 2.48. The fourth-order valence-electron chi connectivity index (χ4n) is 6.28. The Kier molecular flexibility index (Phi) is 9.03. The summed E-state index contributed by atoms with van der Waals surface area (Å²) in [5.74, 6) is 1.54. The van der Waals surface area contributed by atoms with E-state index in [1.165, 1.54) is 38.8 Å². The number of rotatable bonds is 7. The zero-order valence-corrected chi connectivity index (χ0v) is 21.9. The van der Waals surface area contributed by atoms with Crippen molar-refractivity contribution < 1.29 is 22.7 Å². The fraction of sp³-hybridized carbons (Fsp3) is 0.692. The first-order chi connectivity index (χ1) is 16.8. The van der Waals surface area contributed by atoms with Gasteiger partial charge in [0.1, 0.15) is 4.32 Å². The van der Waals surface area contributed by atoms with Gasteiger partial charge in [-0.3, -0.25) is 9.69 Å². The Hall–Kier alpha value is -1.32. The summed E-state index contributed by atoms with van der Waals surface area (Å²) in [5.41, 5.74) is 0.206. The minimum absolute atomic E-state index is 0.144. The van der Waals surface area contributed by atoms with E-state index in [2.05, 4.69) is 9.80 Å². The van der Waals surface area contributed by atoms with Crippen LogP contribution in [0.4, 0.5) is 13.2 Å². The standard InChI is InChI=1S/C26H35F3N2O2S2/c1-2-33-23(32)9-3-8-22-21-7-5-15-30-14-4-6-19(24(21)30)16-31(22)25(34)35-17-18-10-12-20(13-11-18)26(27,28)29/h10-13,19,21-22,24H,2-9,14-17H2,1H3/t19-,21+,22+,24-/m0/s1. The number of carbonyl (C=O) groups excluding carboxylic acids is 1. The third kappa shape index (κ3) is 6.52. The predicted octanol–water partition coefficient (Wildman–Crippen LogP) is 6.13. The summed E-state index contributed by atoms with van der Waals surface area (Å²) in [5, 5.41) is 0. The topological polar surface area (TPSA) is 32.8 Å². The number of hydrogen-bond donors (Lipinski definition) is 0. The summed E-state index contributed by atoms with van der Waals surface area (Å²) in [6, 6.07) is 6.26. The summed E-state index contributed by atoms with van der Waals surface area (Å²) in [6.07, 6.45) is 2.61. The fourth-order valence-corrected chi connectivity index (χ4v) is 7.53. The number of benzene rings is 1. The molecule has 35 heavy (non-hydrogen) atoms. The third-order valence-electron chi connectivity index (χ3n) is 7.74. The molecule has 0 N–H and O–H groups in total. The molecule has 4 rings (SSSR count). The second kappa shape index (κ2) is 11.8. The van der Waals surface area contributed by atoms with Crippen LogP contribution in [0.1, 0.15) is 63.0 Å². The van der Waals surface area contributed by atoms with Crippen molar-refractivity contribution in [2.45, 2.75) is 75.9 Å². The normalized spacial score (nSPS) is 26.8. The van der Waals surface area contributed by atoms with Gasteiger partial charge in [0.2, 0.25) is 0 Å². The molecule has 1 aromatic rings. The van der Waals surface area contributed by atoms with Crippen molar-refractivity contribution in [3.63, 3.8) is 0 Å². The molecule has 0 bridgehead atoms. The van der Waals surface area contributed by atoms with E-state index in [1.54, 1.807) is 23.9 Å². The first-order valence-electron chi connectivity index (χ1n) is 12.8. The number of ether oxygens (including phenoxy) is 1. The number of thioether (sulfide) groups is 1. The lowest BCUT2D eigenvalue weighted by Gasteiger charge is -2.58. The van der Waals surface area contributed by atoms with E-state index in [1.807, 2.05) is 6.92 Å². The van der Waals surface area contributed by atoms with Crippen LogP contribution in [-0.2, 0) is 21.5 Å². The molecular weight excluding hydrogens is 493 g/mol. The molecule has 0 amide bonds. The van der Waals surface area contributed by atoms with Gasteiger partial charge in [-0.15, -0.1) is 0 Å². The molecule has 0 radical (unpaired) electrons. The van der Waals surface area contributed by atoms with Gasteiger partial charge < -0.3 is 9.64 Å². The van der Waals surface area contributed by atoms with Crippen molar-refractivity contribution in [2.24, 2.45) is 11.8 Å². The number of piperidine rings is 3. The van der Waals surface area contributed by atoms with Crippen LogP contribution in [-0.4, -0.2) is 58.4 Å². The molecule has 3 aliphatic heterocycles. The number of hydrogen-bond acceptors (Lipinski definition) is 5. The largest absolute Gasteiger partial charge is 0.466 e. The number of thiocarbonyl (C=S) groups is 1. The van der Waals surface area contributed by atoms with E-state index in [0.29, 0.717) is 42.7 Å².